The minimum Gasteiger partial charge on any atom is -0.381 e. The zero-order valence-corrected chi connectivity index (χ0v) is 14.7. The van der Waals surface area contributed by atoms with Gasteiger partial charge in [-0.1, -0.05) is 12.1 Å². The topological polar surface area (TPSA) is 73.6 Å². The molecule has 0 saturated carbocycles. The van der Waals surface area contributed by atoms with Gasteiger partial charge in [0, 0.05) is 25.4 Å². The van der Waals surface area contributed by atoms with Crippen LogP contribution in [-0.2, 0) is 20.9 Å². The van der Waals surface area contributed by atoms with Gasteiger partial charge in [-0.15, -0.1) is 12.4 Å². The molecule has 1 amide bonds. The summed E-state index contributed by atoms with van der Waals surface area (Å²) in [6, 6.07) is 7.75. The molecule has 0 atom stereocenters. The van der Waals surface area contributed by atoms with Gasteiger partial charge >= 0.3 is 0 Å². The quantitative estimate of drug-likeness (QED) is 0.833. The highest BCUT2D eigenvalue weighted by atomic mass is 35.5. The third-order valence-corrected chi connectivity index (χ3v) is 4.09. The molecule has 3 N–H and O–H groups in total. The van der Waals surface area contributed by atoms with Gasteiger partial charge in [-0.25, -0.2) is 0 Å². The van der Waals surface area contributed by atoms with E-state index in [0.29, 0.717) is 39.2 Å². The molecule has 0 bridgehead atoms. The number of rotatable bonds is 6. The van der Waals surface area contributed by atoms with Crippen molar-refractivity contribution in [3.63, 3.8) is 0 Å². The van der Waals surface area contributed by atoms with Crippen LogP contribution in [0.15, 0.2) is 24.3 Å². The zero-order valence-electron chi connectivity index (χ0n) is 13.8. The van der Waals surface area contributed by atoms with E-state index in [2.05, 4.69) is 5.32 Å². The maximum atomic E-state index is 12.6. The van der Waals surface area contributed by atoms with E-state index in [0.717, 1.165) is 11.3 Å². The summed E-state index contributed by atoms with van der Waals surface area (Å²) in [6.07, 6.45) is 1.53. The number of carbonyl (C=O) groups is 1. The molecule has 2 rings (SSSR count). The number of amides is 1. The van der Waals surface area contributed by atoms with Crippen LogP contribution in [0.2, 0.25) is 0 Å². The molecule has 1 saturated heterocycles. The molecule has 0 radical (unpaired) electrons. The molecule has 1 aliphatic heterocycles. The number of anilines is 1. The van der Waals surface area contributed by atoms with Crippen LogP contribution in [0.5, 0.6) is 0 Å². The van der Waals surface area contributed by atoms with E-state index in [4.69, 9.17) is 15.2 Å². The van der Waals surface area contributed by atoms with Crippen molar-refractivity contribution in [2.45, 2.75) is 39.4 Å². The summed E-state index contributed by atoms with van der Waals surface area (Å²) >= 11 is 0. The number of ether oxygens (including phenoxy) is 2. The van der Waals surface area contributed by atoms with E-state index >= 15 is 0 Å². The molecule has 5 nitrogen and oxygen atoms in total. The average molecular weight is 343 g/mol. The van der Waals surface area contributed by atoms with Crippen molar-refractivity contribution in [1.82, 2.24) is 0 Å². The van der Waals surface area contributed by atoms with Crippen LogP contribution in [0.25, 0.3) is 0 Å². The summed E-state index contributed by atoms with van der Waals surface area (Å²) in [5.41, 5.74) is 7.18. The molecule has 0 spiro atoms. The van der Waals surface area contributed by atoms with Gasteiger partial charge in [0.25, 0.3) is 0 Å². The number of hydrogen-bond acceptors (Lipinski definition) is 4. The van der Waals surface area contributed by atoms with Gasteiger partial charge in [0.1, 0.15) is 0 Å². The minimum absolute atomic E-state index is 0. The van der Waals surface area contributed by atoms with E-state index in [-0.39, 0.29) is 24.4 Å². The lowest BCUT2D eigenvalue weighted by Crippen LogP contribution is -2.46. The predicted molar refractivity (Wildman–Crippen MR) is 93.8 cm³/mol. The third kappa shape index (κ3) is 5.46. The first-order valence-corrected chi connectivity index (χ1v) is 7.85. The highest BCUT2D eigenvalue weighted by Crippen LogP contribution is 2.31. The maximum absolute atomic E-state index is 12.6. The first-order chi connectivity index (χ1) is 10.6. The van der Waals surface area contributed by atoms with Gasteiger partial charge < -0.3 is 20.5 Å². The molecule has 0 unspecified atom stereocenters. The second kappa shape index (κ2) is 9.23. The van der Waals surface area contributed by atoms with Crippen LogP contribution in [-0.4, -0.2) is 31.8 Å². The zero-order chi connectivity index (χ0) is 16.0. The fourth-order valence-corrected chi connectivity index (χ4v) is 2.55. The van der Waals surface area contributed by atoms with E-state index in [1.807, 2.05) is 38.1 Å². The predicted octanol–water partition coefficient (Wildman–Crippen LogP) is 2.73. The van der Waals surface area contributed by atoms with Gasteiger partial charge in [-0.05, 0) is 44.4 Å². The Bertz CT molecular complexity index is 502. The molecular formula is C17H27ClN2O3. The molecule has 0 aliphatic carbocycles. The van der Waals surface area contributed by atoms with Crippen molar-refractivity contribution in [2.24, 2.45) is 11.1 Å². The van der Waals surface area contributed by atoms with Crippen molar-refractivity contribution >= 4 is 24.0 Å². The largest absolute Gasteiger partial charge is 0.381 e. The first kappa shape index (κ1) is 19.9. The van der Waals surface area contributed by atoms with Crippen LogP contribution in [0.1, 0.15) is 32.3 Å². The Morgan fingerprint density at radius 1 is 1.39 bits per heavy atom. The fraction of sp³-hybridized carbons (Fsp3) is 0.588. The summed E-state index contributed by atoms with van der Waals surface area (Å²) in [7, 11) is 0. The summed E-state index contributed by atoms with van der Waals surface area (Å²) in [5.74, 6) is -0.0137. The average Bonchev–Trinajstić information content (AvgIpc) is 2.54. The van der Waals surface area contributed by atoms with Crippen molar-refractivity contribution in [3.8, 4) is 0 Å². The van der Waals surface area contributed by atoms with E-state index in [1.165, 1.54) is 0 Å². The Labute approximate surface area is 144 Å². The monoisotopic (exact) mass is 342 g/mol. The molecule has 1 fully saturated rings. The minimum atomic E-state index is -0.511. The van der Waals surface area contributed by atoms with Crippen molar-refractivity contribution in [3.05, 3.63) is 29.8 Å². The summed E-state index contributed by atoms with van der Waals surface area (Å²) < 4.78 is 10.9. The second-order valence-corrected chi connectivity index (χ2v) is 6.11. The molecule has 23 heavy (non-hydrogen) atoms. The summed E-state index contributed by atoms with van der Waals surface area (Å²) in [6.45, 7) is 6.07. The number of nitrogens with two attached hydrogens (primary N) is 1. The van der Waals surface area contributed by atoms with Gasteiger partial charge in [0.05, 0.1) is 18.1 Å². The van der Waals surface area contributed by atoms with Crippen LogP contribution in [0.4, 0.5) is 5.69 Å². The highest BCUT2D eigenvalue weighted by Gasteiger charge is 2.38. The molecule has 1 aromatic rings. The van der Waals surface area contributed by atoms with Crippen LogP contribution in [0, 0.1) is 5.41 Å². The SMILES string of the molecule is CC(C)OCc1cccc(NC(=O)C2(CN)CCOCC2)c1.Cl. The van der Waals surface area contributed by atoms with E-state index in [9.17, 15) is 4.79 Å². The standard InChI is InChI=1S/C17H26N2O3.ClH/c1-13(2)22-11-14-4-3-5-15(10-14)19-16(20)17(12-18)6-8-21-9-7-17;/h3-5,10,13H,6-9,11-12,18H2,1-2H3,(H,19,20);1H. The van der Waals surface area contributed by atoms with Crippen molar-refractivity contribution in [2.75, 3.05) is 25.1 Å². The first-order valence-electron chi connectivity index (χ1n) is 7.85. The molecule has 6 heteroatoms. The number of benzene rings is 1. The van der Waals surface area contributed by atoms with Gasteiger partial charge in [-0.3, -0.25) is 4.79 Å². The van der Waals surface area contributed by atoms with Crippen molar-refractivity contribution in [1.29, 1.82) is 0 Å². The van der Waals surface area contributed by atoms with Gasteiger partial charge in [0.2, 0.25) is 5.91 Å². The normalized spacial score (nSPS) is 16.7. The highest BCUT2D eigenvalue weighted by molar-refractivity contribution is 5.95. The molecule has 1 heterocycles. The fourth-order valence-electron chi connectivity index (χ4n) is 2.55. The number of carbonyl (C=O) groups excluding carboxylic acids is 1. The maximum Gasteiger partial charge on any atom is 0.232 e. The Balaban J connectivity index is 0.00000264. The van der Waals surface area contributed by atoms with Crippen LogP contribution in [0.3, 0.4) is 0 Å². The van der Waals surface area contributed by atoms with Gasteiger partial charge in [0.15, 0.2) is 0 Å². The Kier molecular flexibility index (Phi) is 7.99. The van der Waals surface area contributed by atoms with Crippen LogP contribution >= 0.6 is 12.4 Å². The molecule has 0 aromatic heterocycles. The van der Waals surface area contributed by atoms with Crippen LogP contribution < -0.4 is 11.1 Å². The number of nitrogens with one attached hydrogen (secondary N) is 1. The summed E-state index contributed by atoms with van der Waals surface area (Å²) in [5, 5.41) is 3.00. The summed E-state index contributed by atoms with van der Waals surface area (Å²) in [4.78, 5) is 12.6. The molecule has 1 aliphatic rings. The smallest absolute Gasteiger partial charge is 0.232 e. The third-order valence-electron chi connectivity index (χ3n) is 4.09. The number of hydrogen-bond donors (Lipinski definition) is 2. The van der Waals surface area contributed by atoms with Gasteiger partial charge in [-0.2, -0.15) is 0 Å². The lowest BCUT2D eigenvalue weighted by Gasteiger charge is -2.34. The lowest BCUT2D eigenvalue weighted by molar-refractivity contribution is -0.130. The Morgan fingerprint density at radius 3 is 2.70 bits per heavy atom. The lowest BCUT2D eigenvalue weighted by atomic mass is 9.79. The van der Waals surface area contributed by atoms with Crippen molar-refractivity contribution < 1.29 is 14.3 Å². The number of halogens is 1. The second-order valence-electron chi connectivity index (χ2n) is 6.11. The molecule has 1 aromatic carbocycles. The Morgan fingerprint density at radius 2 is 2.09 bits per heavy atom. The molecular weight excluding hydrogens is 316 g/mol. The Hall–Kier alpha value is -1.14. The van der Waals surface area contributed by atoms with E-state index in [1.54, 1.807) is 0 Å². The van der Waals surface area contributed by atoms with E-state index < -0.39 is 5.41 Å². The molecule has 130 valence electrons.